The van der Waals surface area contributed by atoms with Crippen LogP contribution in [0.3, 0.4) is 0 Å². The van der Waals surface area contributed by atoms with Crippen LogP contribution < -0.4 is 10.6 Å². The van der Waals surface area contributed by atoms with Crippen LogP contribution in [0.2, 0.25) is 0 Å². The first kappa shape index (κ1) is 17.9. The summed E-state index contributed by atoms with van der Waals surface area (Å²) in [6, 6.07) is 5.41. The van der Waals surface area contributed by atoms with Gasteiger partial charge in [0.25, 0.3) is 11.1 Å². The molecule has 2 rings (SSSR count). The first-order valence-corrected chi connectivity index (χ1v) is 8.28. The average Bonchev–Trinajstić information content (AvgIpc) is 3.02. The number of thioether (sulfide) groups is 1. The zero-order valence-corrected chi connectivity index (χ0v) is 14.0. The fraction of sp³-hybridized carbons (Fsp3) is 0.333. The maximum atomic E-state index is 13.6. The highest BCUT2D eigenvalue weighted by molar-refractivity contribution is 7.99. The Morgan fingerprint density at radius 2 is 2.08 bits per heavy atom. The molecule has 24 heavy (non-hydrogen) atoms. The average molecular weight is 352 g/mol. The molecule has 0 saturated carbocycles. The van der Waals surface area contributed by atoms with Crippen molar-refractivity contribution >= 4 is 23.6 Å². The molecule has 0 saturated heterocycles. The van der Waals surface area contributed by atoms with E-state index in [1.54, 1.807) is 26.0 Å². The van der Waals surface area contributed by atoms with Crippen LogP contribution in [-0.4, -0.2) is 40.4 Å². The van der Waals surface area contributed by atoms with Crippen molar-refractivity contribution in [3.63, 3.8) is 0 Å². The van der Waals surface area contributed by atoms with Crippen molar-refractivity contribution in [2.45, 2.75) is 25.1 Å². The van der Waals surface area contributed by atoms with Crippen molar-refractivity contribution in [3.05, 3.63) is 30.1 Å². The maximum absolute atomic E-state index is 13.6. The number of halogens is 1. The van der Waals surface area contributed by atoms with Crippen LogP contribution in [0.5, 0.6) is 0 Å². The van der Waals surface area contributed by atoms with E-state index in [1.807, 2.05) is 0 Å². The fourth-order valence-corrected chi connectivity index (χ4v) is 2.39. The summed E-state index contributed by atoms with van der Waals surface area (Å²) in [6.07, 6.45) is 0. The first-order valence-electron chi connectivity index (χ1n) is 7.29. The maximum Gasteiger partial charge on any atom is 0.277 e. The number of amides is 2. The topological polar surface area (TPSA) is 97.1 Å². The largest absolute Gasteiger partial charge is 0.411 e. The van der Waals surface area contributed by atoms with E-state index in [1.165, 1.54) is 12.1 Å². The summed E-state index contributed by atoms with van der Waals surface area (Å²) in [7, 11) is 0. The Balaban J connectivity index is 1.88. The van der Waals surface area contributed by atoms with E-state index in [4.69, 9.17) is 4.42 Å². The van der Waals surface area contributed by atoms with Crippen LogP contribution in [0.15, 0.2) is 33.9 Å². The molecule has 0 bridgehead atoms. The molecular formula is C15H17FN4O3S. The third kappa shape index (κ3) is 4.79. The summed E-state index contributed by atoms with van der Waals surface area (Å²) in [6.45, 7) is 3.89. The Hall–Kier alpha value is -2.42. The lowest BCUT2D eigenvalue weighted by Gasteiger charge is -2.12. The molecule has 2 N–H and O–H groups in total. The highest BCUT2D eigenvalue weighted by Crippen LogP contribution is 2.24. The van der Waals surface area contributed by atoms with E-state index in [2.05, 4.69) is 20.8 Å². The molecule has 9 heteroatoms. The quantitative estimate of drug-likeness (QED) is 0.735. The summed E-state index contributed by atoms with van der Waals surface area (Å²) in [4.78, 5) is 23.3. The molecule has 0 radical (unpaired) electrons. The molecular weight excluding hydrogens is 335 g/mol. The third-order valence-electron chi connectivity index (χ3n) is 2.96. The number of carbonyl (C=O) groups excluding carboxylic acids is 2. The highest BCUT2D eigenvalue weighted by atomic mass is 32.2. The molecule has 7 nitrogen and oxygen atoms in total. The monoisotopic (exact) mass is 352 g/mol. The zero-order valence-electron chi connectivity index (χ0n) is 13.2. The Morgan fingerprint density at radius 3 is 2.79 bits per heavy atom. The van der Waals surface area contributed by atoms with Crippen molar-refractivity contribution in [3.8, 4) is 11.5 Å². The number of aromatic nitrogens is 2. The number of nitrogens with zero attached hydrogens (tertiary/aromatic N) is 2. The number of hydrogen-bond acceptors (Lipinski definition) is 6. The van der Waals surface area contributed by atoms with Gasteiger partial charge in [0, 0.05) is 6.54 Å². The van der Waals surface area contributed by atoms with E-state index < -0.39 is 11.9 Å². The fourth-order valence-electron chi connectivity index (χ4n) is 1.81. The van der Waals surface area contributed by atoms with Gasteiger partial charge in [-0.2, -0.15) is 0 Å². The van der Waals surface area contributed by atoms with Crippen molar-refractivity contribution in [1.82, 2.24) is 20.8 Å². The summed E-state index contributed by atoms with van der Waals surface area (Å²) < 4.78 is 19.0. The minimum absolute atomic E-state index is 0.00263. The van der Waals surface area contributed by atoms with Gasteiger partial charge in [0.2, 0.25) is 11.8 Å². The number of likely N-dealkylation sites (N-methyl/N-ethyl adjacent to an activating group) is 1. The number of benzene rings is 1. The number of hydrogen-bond donors (Lipinski definition) is 2. The van der Waals surface area contributed by atoms with E-state index in [0.29, 0.717) is 6.54 Å². The summed E-state index contributed by atoms with van der Waals surface area (Å²) in [5.41, 5.74) is 0.200. The van der Waals surface area contributed by atoms with Crippen molar-refractivity contribution in [1.29, 1.82) is 0 Å². The lowest BCUT2D eigenvalue weighted by Crippen LogP contribution is -2.45. The second-order valence-corrected chi connectivity index (χ2v) is 5.75. The number of rotatable bonds is 7. The Bertz CT molecular complexity index is 722. The van der Waals surface area contributed by atoms with E-state index in [0.717, 1.165) is 11.8 Å². The Labute approximate surface area is 142 Å². The van der Waals surface area contributed by atoms with Crippen LogP contribution in [0.4, 0.5) is 4.39 Å². The van der Waals surface area contributed by atoms with Gasteiger partial charge in [0.05, 0.1) is 11.3 Å². The molecule has 2 aromatic rings. The molecule has 0 aliphatic rings. The molecule has 0 unspecified atom stereocenters. The molecule has 1 heterocycles. The molecule has 1 atom stereocenters. The van der Waals surface area contributed by atoms with Gasteiger partial charge in [-0.1, -0.05) is 23.9 Å². The molecule has 1 aromatic heterocycles. The van der Waals surface area contributed by atoms with E-state index >= 15 is 0 Å². The van der Waals surface area contributed by atoms with Gasteiger partial charge in [0.15, 0.2) is 0 Å². The SMILES string of the molecule is CCNC(=O)[C@H](C)NC(=O)CSc1nnc(-c2ccccc2F)o1. The smallest absolute Gasteiger partial charge is 0.277 e. The highest BCUT2D eigenvalue weighted by Gasteiger charge is 2.17. The van der Waals surface area contributed by atoms with Gasteiger partial charge >= 0.3 is 0 Å². The minimum atomic E-state index is -0.630. The molecule has 0 spiro atoms. The van der Waals surface area contributed by atoms with Crippen LogP contribution in [-0.2, 0) is 9.59 Å². The molecule has 0 fully saturated rings. The standard InChI is InChI=1S/C15H17FN4O3S/c1-3-17-13(22)9(2)18-12(21)8-24-15-20-19-14(23-15)10-6-4-5-7-11(10)16/h4-7,9H,3,8H2,1-2H3,(H,17,22)(H,18,21)/t9-/m0/s1. The minimum Gasteiger partial charge on any atom is -0.411 e. The van der Waals surface area contributed by atoms with Gasteiger partial charge in [0.1, 0.15) is 11.9 Å². The number of carbonyl (C=O) groups is 2. The predicted molar refractivity (Wildman–Crippen MR) is 86.7 cm³/mol. The van der Waals surface area contributed by atoms with Gasteiger partial charge in [-0.05, 0) is 26.0 Å². The second-order valence-electron chi connectivity index (χ2n) is 4.83. The molecule has 2 amide bonds. The van der Waals surface area contributed by atoms with Crippen LogP contribution in [0, 0.1) is 5.82 Å². The van der Waals surface area contributed by atoms with E-state index in [9.17, 15) is 14.0 Å². The van der Waals surface area contributed by atoms with Gasteiger partial charge in [-0.3, -0.25) is 9.59 Å². The normalized spacial score (nSPS) is 11.8. The third-order valence-corrected chi connectivity index (χ3v) is 3.78. The molecule has 0 aliphatic heterocycles. The molecule has 0 aliphatic carbocycles. The Kier molecular flexibility index (Phi) is 6.30. The summed E-state index contributed by atoms with van der Waals surface area (Å²) in [5, 5.41) is 12.9. The number of nitrogens with one attached hydrogen (secondary N) is 2. The summed E-state index contributed by atoms with van der Waals surface area (Å²) in [5.74, 6) is -1.01. The lowest BCUT2D eigenvalue weighted by atomic mass is 10.2. The van der Waals surface area contributed by atoms with Crippen LogP contribution >= 0.6 is 11.8 Å². The second kappa shape index (κ2) is 8.44. The van der Waals surface area contributed by atoms with Crippen LogP contribution in [0.1, 0.15) is 13.8 Å². The van der Waals surface area contributed by atoms with Crippen molar-refractivity contribution in [2.24, 2.45) is 0 Å². The molecule has 1 aromatic carbocycles. The first-order chi connectivity index (χ1) is 11.5. The predicted octanol–water partition coefficient (Wildman–Crippen LogP) is 1.61. The van der Waals surface area contributed by atoms with Gasteiger partial charge in [-0.15, -0.1) is 10.2 Å². The van der Waals surface area contributed by atoms with Gasteiger partial charge in [-0.25, -0.2) is 4.39 Å². The zero-order chi connectivity index (χ0) is 17.5. The Morgan fingerprint density at radius 1 is 1.33 bits per heavy atom. The van der Waals surface area contributed by atoms with Gasteiger partial charge < -0.3 is 15.1 Å². The summed E-state index contributed by atoms with van der Waals surface area (Å²) >= 11 is 1.01. The van der Waals surface area contributed by atoms with Crippen molar-refractivity contribution in [2.75, 3.05) is 12.3 Å². The van der Waals surface area contributed by atoms with Crippen molar-refractivity contribution < 1.29 is 18.4 Å². The molecule has 128 valence electrons. The lowest BCUT2D eigenvalue weighted by molar-refractivity contribution is -0.127. The van der Waals surface area contributed by atoms with E-state index in [-0.39, 0.29) is 34.2 Å². The van der Waals surface area contributed by atoms with Crippen LogP contribution in [0.25, 0.3) is 11.5 Å².